The van der Waals surface area contributed by atoms with Crippen LogP contribution in [0.1, 0.15) is 18.9 Å². The largest absolute Gasteiger partial charge is 0.497 e. The van der Waals surface area contributed by atoms with Crippen molar-refractivity contribution in [2.75, 3.05) is 13.7 Å². The van der Waals surface area contributed by atoms with Crippen LogP contribution < -0.4 is 14.8 Å². The summed E-state index contributed by atoms with van der Waals surface area (Å²) in [5.74, 6) is 1.34. The minimum absolute atomic E-state index is 0.129. The van der Waals surface area contributed by atoms with Crippen molar-refractivity contribution in [3.8, 4) is 11.5 Å². The second-order valence-corrected chi connectivity index (χ2v) is 5.90. The maximum Gasteiger partial charge on any atom is 0.260 e. The molecule has 1 amide bonds. The van der Waals surface area contributed by atoms with Crippen LogP contribution in [0.5, 0.6) is 11.5 Å². The van der Waals surface area contributed by atoms with Crippen molar-refractivity contribution in [3.63, 3.8) is 0 Å². The smallest absolute Gasteiger partial charge is 0.260 e. The van der Waals surface area contributed by atoms with Gasteiger partial charge in [-0.1, -0.05) is 23.7 Å². The molecule has 0 aliphatic heterocycles. The summed E-state index contributed by atoms with van der Waals surface area (Å²) in [4.78, 5) is 12.0. The Morgan fingerprint density at radius 3 is 2.62 bits per heavy atom. The van der Waals surface area contributed by atoms with Crippen molar-refractivity contribution in [2.45, 2.75) is 25.9 Å². The highest BCUT2D eigenvalue weighted by Crippen LogP contribution is 2.17. The van der Waals surface area contributed by atoms with Crippen molar-refractivity contribution >= 4 is 17.5 Å². The molecule has 0 unspecified atom stereocenters. The molecular formula is C19H22ClNO3. The molecule has 24 heavy (non-hydrogen) atoms. The summed E-state index contributed by atoms with van der Waals surface area (Å²) in [6.45, 7) is 2.33. The van der Waals surface area contributed by atoms with Gasteiger partial charge in [0, 0.05) is 11.6 Å². The van der Waals surface area contributed by atoms with Crippen LogP contribution in [0.2, 0.25) is 5.02 Å². The number of rotatable bonds is 8. The number of nitrogens with one attached hydrogen (secondary N) is 1. The Morgan fingerprint density at radius 2 is 1.92 bits per heavy atom. The van der Waals surface area contributed by atoms with Gasteiger partial charge in [0.15, 0.2) is 6.10 Å². The fourth-order valence-electron chi connectivity index (χ4n) is 2.25. The molecule has 0 bridgehead atoms. The number of hydrogen-bond donors (Lipinski definition) is 1. The summed E-state index contributed by atoms with van der Waals surface area (Å²) >= 11 is 5.82. The highest BCUT2D eigenvalue weighted by atomic mass is 35.5. The lowest BCUT2D eigenvalue weighted by molar-refractivity contribution is -0.127. The van der Waals surface area contributed by atoms with Crippen LogP contribution in [0.4, 0.5) is 0 Å². The van der Waals surface area contributed by atoms with Crippen LogP contribution in [-0.2, 0) is 11.2 Å². The molecule has 4 nitrogen and oxygen atoms in total. The summed E-state index contributed by atoms with van der Waals surface area (Å²) in [7, 11) is 1.65. The SMILES string of the molecule is COc1cccc(CCCNC(=O)[C@@H](C)Oc2ccc(Cl)cc2)c1. The van der Waals surface area contributed by atoms with Gasteiger partial charge in [0.05, 0.1) is 7.11 Å². The molecule has 1 N–H and O–H groups in total. The van der Waals surface area contributed by atoms with Gasteiger partial charge in [-0.25, -0.2) is 0 Å². The molecule has 5 heteroatoms. The van der Waals surface area contributed by atoms with E-state index in [4.69, 9.17) is 21.1 Å². The lowest BCUT2D eigenvalue weighted by Crippen LogP contribution is -2.36. The molecule has 0 heterocycles. The van der Waals surface area contributed by atoms with Crippen molar-refractivity contribution in [1.82, 2.24) is 5.32 Å². The Kier molecular flexibility index (Phi) is 6.94. The Hall–Kier alpha value is -2.20. The van der Waals surface area contributed by atoms with E-state index in [1.165, 1.54) is 5.56 Å². The summed E-state index contributed by atoms with van der Waals surface area (Å²) in [6.07, 6.45) is 1.18. The molecule has 0 aliphatic carbocycles. The minimum atomic E-state index is -0.553. The zero-order valence-electron chi connectivity index (χ0n) is 13.9. The van der Waals surface area contributed by atoms with Gasteiger partial charge in [-0.05, 0) is 61.7 Å². The summed E-state index contributed by atoms with van der Waals surface area (Å²) in [5.41, 5.74) is 1.19. The number of carbonyl (C=O) groups excluding carboxylic acids is 1. The topological polar surface area (TPSA) is 47.6 Å². The molecule has 0 saturated heterocycles. The summed E-state index contributed by atoms with van der Waals surface area (Å²) in [6, 6.07) is 14.9. The van der Waals surface area contributed by atoms with E-state index in [1.54, 1.807) is 38.3 Å². The standard InChI is InChI=1S/C19H22ClNO3/c1-14(24-17-10-8-16(20)9-11-17)19(22)21-12-4-6-15-5-3-7-18(13-15)23-2/h3,5,7-11,13-14H,4,6,12H2,1-2H3,(H,21,22)/t14-/m1/s1. The van der Waals surface area contributed by atoms with Crippen molar-refractivity contribution in [2.24, 2.45) is 0 Å². The van der Waals surface area contributed by atoms with E-state index in [1.807, 2.05) is 18.2 Å². The maximum atomic E-state index is 12.0. The van der Waals surface area contributed by atoms with E-state index in [-0.39, 0.29) is 5.91 Å². The van der Waals surface area contributed by atoms with Crippen LogP contribution in [0.25, 0.3) is 0 Å². The second kappa shape index (κ2) is 9.18. The number of benzene rings is 2. The fraction of sp³-hybridized carbons (Fsp3) is 0.316. The van der Waals surface area contributed by atoms with Gasteiger partial charge < -0.3 is 14.8 Å². The van der Waals surface area contributed by atoms with Gasteiger partial charge in [-0.15, -0.1) is 0 Å². The minimum Gasteiger partial charge on any atom is -0.497 e. The number of amides is 1. The van der Waals surface area contributed by atoms with Gasteiger partial charge in [0.25, 0.3) is 5.91 Å². The number of ether oxygens (including phenoxy) is 2. The fourth-order valence-corrected chi connectivity index (χ4v) is 2.37. The molecule has 2 aromatic rings. The van der Waals surface area contributed by atoms with E-state index in [0.29, 0.717) is 17.3 Å². The Morgan fingerprint density at radius 1 is 1.17 bits per heavy atom. The first-order valence-corrected chi connectivity index (χ1v) is 8.29. The highest BCUT2D eigenvalue weighted by Gasteiger charge is 2.13. The molecule has 2 aromatic carbocycles. The molecule has 0 aromatic heterocycles. The maximum absolute atomic E-state index is 12.0. The number of methoxy groups -OCH3 is 1. The van der Waals surface area contributed by atoms with Gasteiger partial charge in [0.2, 0.25) is 0 Å². The molecule has 128 valence electrons. The van der Waals surface area contributed by atoms with Crippen LogP contribution in [0, 0.1) is 0 Å². The molecule has 1 atom stereocenters. The number of carbonyl (C=O) groups is 1. The summed E-state index contributed by atoms with van der Waals surface area (Å²) in [5, 5.41) is 3.53. The predicted molar refractivity (Wildman–Crippen MR) is 95.9 cm³/mol. The van der Waals surface area contributed by atoms with Crippen molar-refractivity contribution in [3.05, 3.63) is 59.1 Å². The highest BCUT2D eigenvalue weighted by molar-refractivity contribution is 6.30. The quantitative estimate of drug-likeness (QED) is 0.737. The van der Waals surface area contributed by atoms with Crippen LogP contribution >= 0.6 is 11.6 Å². The third kappa shape index (κ3) is 5.78. The lowest BCUT2D eigenvalue weighted by atomic mass is 10.1. The molecule has 0 saturated carbocycles. The first-order valence-electron chi connectivity index (χ1n) is 7.91. The summed E-state index contributed by atoms with van der Waals surface area (Å²) < 4.78 is 10.8. The second-order valence-electron chi connectivity index (χ2n) is 5.46. The number of halogens is 1. The van der Waals surface area contributed by atoms with E-state index in [0.717, 1.165) is 18.6 Å². The number of hydrogen-bond acceptors (Lipinski definition) is 3. The molecule has 0 radical (unpaired) electrons. The normalized spacial score (nSPS) is 11.6. The monoisotopic (exact) mass is 347 g/mol. The van der Waals surface area contributed by atoms with E-state index < -0.39 is 6.10 Å². The van der Waals surface area contributed by atoms with Crippen LogP contribution in [-0.4, -0.2) is 25.7 Å². The molecule has 0 fully saturated rings. The first-order chi connectivity index (χ1) is 11.6. The Balaban J connectivity index is 1.71. The molecule has 0 spiro atoms. The van der Waals surface area contributed by atoms with Gasteiger partial charge in [-0.2, -0.15) is 0 Å². The average molecular weight is 348 g/mol. The Labute approximate surface area is 147 Å². The van der Waals surface area contributed by atoms with E-state index in [9.17, 15) is 4.79 Å². The molecular weight excluding hydrogens is 326 g/mol. The third-order valence-electron chi connectivity index (χ3n) is 3.57. The lowest BCUT2D eigenvalue weighted by Gasteiger charge is -2.14. The van der Waals surface area contributed by atoms with Gasteiger partial charge in [0.1, 0.15) is 11.5 Å². The first kappa shape index (κ1) is 18.1. The van der Waals surface area contributed by atoms with Gasteiger partial charge in [-0.3, -0.25) is 4.79 Å². The third-order valence-corrected chi connectivity index (χ3v) is 3.82. The van der Waals surface area contributed by atoms with Crippen molar-refractivity contribution in [1.29, 1.82) is 0 Å². The molecule has 2 rings (SSSR count). The van der Waals surface area contributed by atoms with E-state index in [2.05, 4.69) is 11.4 Å². The predicted octanol–water partition coefficient (Wildman–Crippen LogP) is 3.86. The van der Waals surface area contributed by atoms with Crippen LogP contribution in [0.3, 0.4) is 0 Å². The Bertz CT molecular complexity index is 658. The van der Waals surface area contributed by atoms with Crippen LogP contribution in [0.15, 0.2) is 48.5 Å². The molecule has 0 aliphatic rings. The average Bonchev–Trinajstić information content (AvgIpc) is 2.60. The number of aryl methyl sites for hydroxylation is 1. The van der Waals surface area contributed by atoms with Crippen molar-refractivity contribution < 1.29 is 14.3 Å². The van der Waals surface area contributed by atoms with Gasteiger partial charge >= 0.3 is 0 Å². The zero-order chi connectivity index (χ0) is 17.4. The van der Waals surface area contributed by atoms with E-state index >= 15 is 0 Å². The zero-order valence-corrected chi connectivity index (χ0v) is 14.7.